The van der Waals surface area contributed by atoms with E-state index in [2.05, 4.69) is 80.2 Å². The highest BCUT2D eigenvalue weighted by Crippen LogP contribution is 2.47. The predicted octanol–water partition coefficient (Wildman–Crippen LogP) is 5.87. The van der Waals surface area contributed by atoms with Crippen LogP contribution in [0.15, 0.2) is 79.0 Å². The van der Waals surface area contributed by atoms with E-state index in [1.54, 1.807) is 4.90 Å². The van der Waals surface area contributed by atoms with Gasteiger partial charge in [0, 0.05) is 38.5 Å². The molecule has 160 valence electrons. The Labute approximate surface area is 199 Å². The van der Waals surface area contributed by atoms with E-state index >= 15 is 0 Å². The largest absolute Gasteiger partial charge is 0.319 e. The number of amides is 1. The molecule has 0 saturated carbocycles. The predicted molar refractivity (Wildman–Crippen MR) is 141 cm³/mol. The third-order valence-corrected chi connectivity index (χ3v) is 9.95. The number of rotatable bonds is 1. The number of benzene rings is 3. The van der Waals surface area contributed by atoms with Gasteiger partial charge in [0.2, 0.25) is 5.91 Å². The second-order valence-electron chi connectivity index (χ2n) is 9.07. The number of nitrogens with zero attached hydrogens (tertiary/aromatic N) is 1. The van der Waals surface area contributed by atoms with E-state index in [0.29, 0.717) is 0 Å². The Bertz CT molecular complexity index is 1790. The first-order valence-corrected chi connectivity index (χ1v) is 12.8. The lowest BCUT2D eigenvalue weighted by atomic mass is 9.76. The highest BCUT2D eigenvalue weighted by Gasteiger charge is 2.47. The minimum atomic E-state index is -0.174. The molecule has 0 spiro atoms. The smallest absolute Gasteiger partial charge is 0.234 e. The van der Waals surface area contributed by atoms with Crippen molar-refractivity contribution in [2.45, 2.75) is 6.92 Å². The summed E-state index contributed by atoms with van der Waals surface area (Å²) in [7, 11) is 1.87. The molecule has 2 aromatic heterocycles. The normalized spacial score (nSPS) is 20.4. The Morgan fingerprint density at radius 2 is 1.58 bits per heavy atom. The van der Waals surface area contributed by atoms with E-state index in [1.165, 1.54) is 56.7 Å². The zero-order valence-corrected chi connectivity index (χ0v) is 20.0. The summed E-state index contributed by atoms with van der Waals surface area (Å²) in [6, 6.07) is 23.8. The maximum Gasteiger partial charge on any atom is 0.234 e. The lowest BCUT2D eigenvalue weighted by molar-refractivity contribution is -0.127. The molecule has 0 radical (unpaired) electrons. The first-order valence-electron chi connectivity index (χ1n) is 11.1. The monoisotopic (exact) mass is 463 g/mol. The fourth-order valence-electron chi connectivity index (χ4n) is 5.72. The lowest BCUT2D eigenvalue weighted by Crippen LogP contribution is -2.37. The molecule has 1 amide bonds. The molecule has 3 aromatic carbocycles. The van der Waals surface area contributed by atoms with E-state index in [0.717, 1.165) is 5.70 Å². The minimum absolute atomic E-state index is 0.00255. The third-order valence-electron chi connectivity index (χ3n) is 7.39. The second-order valence-corrected chi connectivity index (χ2v) is 11.1. The summed E-state index contributed by atoms with van der Waals surface area (Å²) < 4.78 is 5.27. The van der Waals surface area contributed by atoms with Gasteiger partial charge in [0.1, 0.15) is 0 Å². The summed E-state index contributed by atoms with van der Waals surface area (Å²) in [6.45, 7) is 6.52. The molecule has 1 saturated heterocycles. The number of allylic oxidation sites excluding steroid dienone is 1. The summed E-state index contributed by atoms with van der Waals surface area (Å²) in [5.41, 5.74) is 4.54. The number of fused-ring (bicyclic) bond motifs is 7. The van der Waals surface area contributed by atoms with Crippen LogP contribution in [-0.2, 0) is 4.79 Å². The van der Waals surface area contributed by atoms with Crippen molar-refractivity contribution < 1.29 is 4.79 Å². The zero-order chi connectivity index (χ0) is 22.4. The fraction of sp³-hybridized carbons (Fsp3) is 0.138. The van der Waals surface area contributed by atoms with Gasteiger partial charge in [-0.25, -0.2) is 0 Å². The van der Waals surface area contributed by atoms with Crippen molar-refractivity contribution >= 4 is 70.0 Å². The van der Waals surface area contributed by atoms with Gasteiger partial charge in [-0.1, -0.05) is 61.2 Å². The molecule has 33 heavy (non-hydrogen) atoms. The van der Waals surface area contributed by atoms with Crippen molar-refractivity contribution in [1.29, 1.82) is 0 Å². The third kappa shape index (κ3) is 2.45. The molecule has 0 N–H and O–H groups in total. The molecule has 2 aliphatic rings. The average Bonchev–Trinajstić information content (AvgIpc) is 3.44. The van der Waals surface area contributed by atoms with Crippen molar-refractivity contribution in [3.05, 3.63) is 94.3 Å². The Balaban J connectivity index is 1.68. The van der Waals surface area contributed by atoms with Crippen LogP contribution in [0.3, 0.4) is 0 Å². The molecule has 1 aliphatic carbocycles. The number of thiophene rings is 2. The van der Waals surface area contributed by atoms with Crippen LogP contribution in [0.2, 0.25) is 0 Å². The topological polar surface area (TPSA) is 20.3 Å². The Morgan fingerprint density at radius 1 is 0.879 bits per heavy atom. The van der Waals surface area contributed by atoms with Crippen LogP contribution in [0.1, 0.15) is 12.5 Å². The zero-order valence-electron chi connectivity index (χ0n) is 18.4. The van der Waals surface area contributed by atoms with Gasteiger partial charge in [0.05, 0.1) is 15.3 Å². The molecule has 2 nitrogen and oxygen atoms in total. The quantitative estimate of drug-likeness (QED) is 0.304. The van der Waals surface area contributed by atoms with Gasteiger partial charge in [-0.2, -0.15) is 0 Å². The Hall–Kier alpha value is -3.21. The molecule has 3 heterocycles. The highest BCUT2D eigenvalue weighted by atomic mass is 32.1. The fourth-order valence-corrected chi connectivity index (χ4v) is 8.74. The van der Waals surface area contributed by atoms with Crippen molar-refractivity contribution in [3.63, 3.8) is 0 Å². The Morgan fingerprint density at radius 3 is 2.33 bits per heavy atom. The van der Waals surface area contributed by atoms with Gasteiger partial charge < -0.3 is 4.90 Å². The summed E-state index contributed by atoms with van der Waals surface area (Å²) >= 11 is 3.75. The summed E-state index contributed by atoms with van der Waals surface area (Å²) in [5, 5.41) is 5.14. The van der Waals surface area contributed by atoms with Crippen LogP contribution < -0.4 is 9.75 Å². The molecule has 7 rings (SSSR count). The van der Waals surface area contributed by atoms with Crippen molar-refractivity contribution in [2.24, 2.45) is 11.8 Å². The highest BCUT2D eigenvalue weighted by molar-refractivity contribution is 7.32. The molecule has 2 unspecified atom stereocenters. The Kier molecular flexibility index (Phi) is 3.89. The molecule has 2 atom stereocenters. The number of carbonyl (C=O) groups excluding carboxylic acids is 1. The van der Waals surface area contributed by atoms with E-state index in [-0.39, 0.29) is 17.7 Å². The van der Waals surface area contributed by atoms with Crippen molar-refractivity contribution in [3.8, 4) is 0 Å². The molecule has 1 fully saturated rings. The first kappa shape index (κ1) is 19.3. The second kappa shape index (κ2) is 6.66. The molecule has 4 heteroatoms. The molecular weight excluding hydrogens is 442 g/mol. The van der Waals surface area contributed by atoms with E-state index < -0.39 is 0 Å². The van der Waals surface area contributed by atoms with Crippen LogP contribution in [-0.4, -0.2) is 17.9 Å². The maximum atomic E-state index is 13.4. The molecule has 5 aromatic rings. The lowest BCUT2D eigenvalue weighted by Gasteiger charge is -2.25. The van der Waals surface area contributed by atoms with Crippen LogP contribution in [0.5, 0.6) is 0 Å². The standard InChI is InChI=1S/C29H21NOS2/c1-15-22-24(16(2)30(3)29(22)31)25(17-9-5-4-6-10-17)27-23(15)28-26(33-27)20-13-18-11-7-8-12-19(18)14-21(20)32-28/h4-14,22,24H,2H2,1,3H3. The van der Waals surface area contributed by atoms with Gasteiger partial charge in [0.25, 0.3) is 0 Å². The average molecular weight is 464 g/mol. The van der Waals surface area contributed by atoms with Gasteiger partial charge in [-0.05, 0) is 46.5 Å². The number of carbonyl (C=O) groups is 1. The first-order chi connectivity index (χ1) is 16.0. The number of hydrogen-bond acceptors (Lipinski definition) is 3. The van der Waals surface area contributed by atoms with Crippen LogP contribution >= 0.6 is 22.7 Å². The van der Waals surface area contributed by atoms with Gasteiger partial charge in [-0.3, -0.25) is 4.79 Å². The van der Waals surface area contributed by atoms with E-state index in [9.17, 15) is 4.79 Å². The van der Waals surface area contributed by atoms with Crippen molar-refractivity contribution in [1.82, 2.24) is 4.90 Å². The van der Waals surface area contributed by atoms with Gasteiger partial charge >= 0.3 is 0 Å². The van der Waals surface area contributed by atoms with Gasteiger partial charge in [-0.15, -0.1) is 22.7 Å². The maximum absolute atomic E-state index is 13.4. The van der Waals surface area contributed by atoms with E-state index in [1.807, 2.05) is 29.7 Å². The SMILES string of the molecule is C=C1C2C(c3ccccc3)=c3sc4c(sc5cc6ccccc6cc54)c3=C(C)C2C(=O)N1C. The van der Waals surface area contributed by atoms with Crippen LogP contribution in [0.25, 0.3) is 41.4 Å². The number of likely N-dealkylation sites (tertiary alicyclic amines) is 1. The van der Waals surface area contributed by atoms with Crippen LogP contribution in [0, 0.1) is 11.8 Å². The summed E-state index contributed by atoms with van der Waals surface area (Å²) in [4.78, 5) is 15.1. The minimum Gasteiger partial charge on any atom is -0.319 e. The number of hydrogen-bond donors (Lipinski definition) is 0. The molecular formula is C29H21NOS2. The van der Waals surface area contributed by atoms with Crippen LogP contribution in [0.4, 0.5) is 0 Å². The molecule has 1 aliphatic heterocycles. The van der Waals surface area contributed by atoms with Crippen molar-refractivity contribution in [2.75, 3.05) is 7.05 Å². The van der Waals surface area contributed by atoms with Gasteiger partial charge in [0.15, 0.2) is 0 Å². The summed E-state index contributed by atoms with van der Waals surface area (Å²) in [6.07, 6.45) is 0. The molecule has 0 bridgehead atoms. The van der Waals surface area contributed by atoms with E-state index in [4.69, 9.17) is 0 Å². The summed E-state index contributed by atoms with van der Waals surface area (Å²) in [5.74, 6) is -0.0164.